The second-order valence-corrected chi connectivity index (χ2v) is 9.00. The Balaban J connectivity index is 1.66. The molecular formula is C20H20F2N4O2S. The van der Waals surface area contributed by atoms with Crippen LogP contribution in [0.3, 0.4) is 0 Å². The smallest absolute Gasteiger partial charge is 0.262 e. The highest BCUT2D eigenvalue weighted by Crippen LogP contribution is 2.33. The number of hydrogen-bond acceptors (Lipinski definition) is 4. The van der Waals surface area contributed by atoms with Crippen LogP contribution in [0.25, 0.3) is 0 Å². The van der Waals surface area contributed by atoms with Crippen molar-refractivity contribution in [2.45, 2.75) is 17.0 Å². The average Bonchev–Trinajstić information content (AvgIpc) is 3.31. The van der Waals surface area contributed by atoms with Crippen LogP contribution in [0.4, 0.5) is 14.5 Å². The number of hydrogen-bond donors (Lipinski definition) is 1. The number of aryl methyl sites for hydroxylation is 1. The molecular weight excluding hydrogens is 398 g/mol. The zero-order valence-corrected chi connectivity index (χ0v) is 16.5. The third-order valence-corrected chi connectivity index (χ3v) is 6.76. The van der Waals surface area contributed by atoms with Crippen molar-refractivity contribution in [3.63, 3.8) is 0 Å². The third-order valence-electron chi connectivity index (χ3n) is 5.04. The molecule has 2 aromatic carbocycles. The van der Waals surface area contributed by atoms with Crippen molar-refractivity contribution >= 4 is 15.7 Å². The van der Waals surface area contributed by atoms with E-state index in [0.717, 1.165) is 0 Å². The van der Waals surface area contributed by atoms with Crippen LogP contribution in [0.15, 0.2) is 66.1 Å². The Morgan fingerprint density at radius 3 is 2.48 bits per heavy atom. The van der Waals surface area contributed by atoms with Gasteiger partial charge in [0.05, 0.1) is 6.33 Å². The van der Waals surface area contributed by atoms with Gasteiger partial charge < -0.3 is 9.88 Å². The van der Waals surface area contributed by atoms with E-state index in [4.69, 9.17) is 0 Å². The topological polar surface area (TPSA) is 67.2 Å². The van der Waals surface area contributed by atoms with Gasteiger partial charge in [0.2, 0.25) is 0 Å². The molecule has 1 N–H and O–H groups in total. The quantitative estimate of drug-likeness (QED) is 0.692. The van der Waals surface area contributed by atoms with Gasteiger partial charge in [0, 0.05) is 44.0 Å². The normalized spacial score (nSPS) is 20.1. The molecule has 1 aliphatic heterocycles. The molecule has 4 rings (SSSR count). The highest BCUT2D eigenvalue weighted by Gasteiger charge is 2.41. The van der Waals surface area contributed by atoms with Gasteiger partial charge in [-0.2, -0.15) is 4.31 Å². The Labute approximate surface area is 167 Å². The first-order valence-electron chi connectivity index (χ1n) is 9.08. The van der Waals surface area contributed by atoms with E-state index in [1.807, 2.05) is 0 Å². The van der Waals surface area contributed by atoms with Crippen molar-refractivity contribution in [2.24, 2.45) is 7.05 Å². The molecule has 2 heterocycles. The SMILES string of the molecule is Cn1cnc(S(=O)(=O)N2CC(Nc3ccc(F)cc3)C(c3cccc(F)c3)C2)c1. The minimum atomic E-state index is -3.79. The van der Waals surface area contributed by atoms with Crippen molar-refractivity contribution in [1.82, 2.24) is 13.9 Å². The van der Waals surface area contributed by atoms with Crippen molar-refractivity contribution in [1.29, 1.82) is 0 Å². The molecule has 1 aliphatic rings. The van der Waals surface area contributed by atoms with Crippen LogP contribution in [-0.2, 0) is 17.1 Å². The fourth-order valence-corrected chi connectivity index (χ4v) is 5.06. The van der Waals surface area contributed by atoms with Gasteiger partial charge in [-0.05, 0) is 42.0 Å². The number of aromatic nitrogens is 2. The van der Waals surface area contributed by atoms with E-state index >= 15 is 0 Å². The number of imidazole rings is 1. The van der Waals surface area contributed by atoms with E-state index < -0.39 is 10.0 Å². The lowest BCUT2D eigenvalue weighted by Gasteiger charge is -2.21. The lowest BCUT2D eigenvalue weighted by atomic mass is 9.94. The van der Waals surface area contributed by atoms with Gasteiger partial charge in [-0.15, -0.1) is 0 Å². The van der Waals surface area contributed by atoms with Crippen LogP contribution in [-0.4, -0.2) is 41.4 Å². The zero-order valence-electron chi connectivity index (χ0n) is 15.7. The Morgan fingerprint density at radius 2 is 1.83 bits per heavy atom. The Kier molecular flexibility index (Phi) is 5.10. The predicted octanol–water partition coefficient (Wildman–Crippen LogP) is 2.97. The highest BCUT2D eigenvalue weighted by molar-refractivity contribution is 7.89. The summed E-state index contributed by atoms with van der Waals surface area (Å²) in [5.74, 6) is -1.02. The van der Waals surface area contributed by atoms with Gasteiger partial charge in [0.1, 0.15) is 11.6 Å². The summed E-state index contributed by atoms with van der Waals surface area (Å²) in [5, 5.41) is 3.25. The van der Waals surface area contributed by atoms with E-state index in [1.165, 1.54) is 41.1 Å². The Bertz CT molecular complexity index is 1120. The largest absolute Gasteiger partial charge is 0.380 e. The molecule has 0 aliphatic carbocycles. The van der Waals surface area contributed by atoms with Gasteiger partial charge in [0.25, 0.3) is 10.0 Å². The molecule has 9 heteroatoms. The Hall–Kier alpha value is -2.78. The third kappa shape index (κ3) is 4.01. The second kappa shape index (κ2) is 7.57. The first-order valence-corrected chi connectivity index (χ1v) is 10.5. The summed E-state index contributed by atoms with van der Waals surface area (Å²) < 4.78 is 56.0. The van der Waals surface area contributed by atoms with Crippen molar-refractivity contribution in [2.75, 3.05) is 18.4 Å². The van der Waals surface area contributed by atoms with Crippen LogP contribution in [0.1, 0.15) is 11.5 Å². The molecule has 0 amide bonds. The molecule has 2 atom stereocenters. The second-order valence-electron chi connectivity index (χ2n) is 7.12. The maximum atomic E-state index is 13.8. The number of nitrogens with zero attached hydrogens (tertiary/aromatic N) is 3. The molecule has 29 heavy (non-hydrogen) atoms. The first kappa shape index (κ1) is 19.5. The summed E-state index contributed by atoms with van der Waals surface area (Å²) in [6.07, 6.45) is 2.88. The summed E-state index contributed by atoms with van der Waals surface area (Å²) >= 11 is 0. The maximum Gasteiger partial charge on any atom is 0.262 e. The van der Waals surface area contributed by atoms with Crippen LogP contribution >= 0.6 is 0 Å². The molecule has 2 unspecified atom stereocenters. The summed E-state index contributed by atoms with van der Waals surface area (Å²) in [7, 11) is -2.09. The molecule has 1 fully saturated rings. The predicted molar refractivity (Wildman–Crippen MR) is 105 cm³/mol. The molecule has 152 valence electrons. The van der Waals surface area contributed by atoms with Gasteiger partial charge in [0.15, 0.2) is 5.03 Å². The maximum absolute atomic E-state index is 13.8. The fraction of sp³-hybridized carbons (Fsp3) is 0.250. The van der Waals surface area contributed by atoms with Gasteiger partial charge in [-0.3, -0.25) is 0 Å². The van der Waals surface area contributed by atoms with E-state index in [-0.39, 0.29) is 41.7 Å². The van der Waals surface area contributed by atoms with Crippen LogP contribution in [0, 0.1) is 11.6 Å². The highest BCUT2D eigenvalue weighted by atomic mass is 32.2. The lowest BCUT2D eigenvalue weighted by Crippen LogP contribution is -2.32. The van der Waals surface area contributed by atoms with E-state index in [1.54, 1.807) is 35.9 Å². The van der Waals surface area contributed by atoms with Crippen molar-refractivity contribution < 1.29 is 17.2 Å². The number of anilines is 1. The minimum Gasteiger partial charge on any atom is -0.380 e. The van der Waals surface area contributed by atoms with Crippen LogP contribution in [0.2, 0.25) is 0 Å². The number of nitrogens with one attached hydrogen (secondary N) is 1. The average molecular weight is 418 g/mol. The van der Waals surface area contributed by atoms with Crippen LogP contribution < -0.4 is 5.32 Å². The van der Waals surface area contributed by atoms with E-state index in [9.17, 15) is 17.2 Å². The number of benzene rings is 2. The zero-order chi connectivity index (χ0) is 20.6. The number of rotatable bonds is 5. The lowest BCUT2D eigenvalue weighted by molar-refractivity contribution is 0.468. The summed E-state index contributed by atoms with van der Waals surface area (Å²) in [4.78, 5) is 3.97. The molecule has 0 spiro atoms. The number of sulfonamides is 1. The molecule has 0 saturated carbocycles. The van der Waals surface area contributed by atoms with Crippen molar-refractivity contribution in [3.8, 4) is 0 Å². The molecule has 1 aromatic heterocycles. The van der Waals surface area contributed by atoms with E-state index in [2.05, 4.69) is 10.3 Å². The molecule has 3 aromatic rings. The standard InChI is InChI=1S/C20H20F2N4O2S/c1-25-12-20(23-13-25)29(27,28)26-10-18(14-3-2-4-16(22)9-14)19(11-26)24-17-7-5-15(21)6-8-17/h2-9,12-13,18-19,24H,10-11H2,1H3. The molecule has 1 saturated heterocycles. The Morgan fingerprint density at radius 1 is 1.07 bits per heavy atom. The first-order chi connectivity index (χ1) is 13.8. The molecule has 6 nitrogen and oxygen atoms in total. The van der Waals surface area contributed by atoms with Crippen molar-refractivity contribution in [3.05, 3.63) is 78.3 Å². The van der Waals surface area contributed by atoms with Gasteiger partial charge >= 0.3 is 0 Å². The number of halogens is 2. The monoisotopic (exact) mass is 418 g/mol. The minimum absolute atomic E-state index is 0.0274. The summed E-state index contributed by atoms with van der Waals surface area (Å²) in [6.45, 7) is 0.360. The van der Waals surface area contributed by atoms with Gasteiger partial charge in [-0.1, -0.05) is 12.1 Å². The fourth-order valence-electron chi connectivity index (χ4n) is 3.60. The van der Waals surface area contributed by atoms with Gasteiger partial charge in [-0.25, -0.2) is 22.2 Å². The van der Waals surface area contributed by atoms with Crippen LogP contribution in [0.5, 0.6) is 0 Å². The summed E-state index contributed by atoms with van der Waals surface area (Å²) in [5.41, 5.74) is 1.36. The molecule has 0 bridgehead atoms. The molecule has 0 radical (unpaired) electrons. The summed E-state index contributed by atoms with van der Waals surface area (Å²) in [6, 6.07) is 11.7. The van der Waals surface area contributed by atoms with E-state index in [0.29, 0.717) is 11.3 Å².